The summed E-state index contributed by atoms with van der Waals surface area (Å²) in [6, 6.07) is 35.0. The second kappa shape index (κ2) is 19.2. The van der Waals surface area contributed by atoms with Crippen LogP contribution in [-0.4, -0.2) is 18.4 Å². The molecule has 5 aromatic carbocycles. The molecule has 57 heavy (non-hydrogen) atoms. The number of nitrogens with one attached hydrogen (secondary N) is 1. The van der Waals surface area contributed by atoms with Crippen molar-refractivity contribution in [1.29, 1.82) is 0 Å². The first-order chi connectivity index (χ1) is 26.9. The zero-order valence-electron chi connectivity index (χ0n) is 33.6. The SMILES string of the molecule is C=C(C)c1ccccc1-c1ccc(C(F)(F)F)cc1.C=C(NCC(F)(F)F)C1(CCCCC)c2ccccc2-c2ccccc21.CC(C)=Nc1c(C)cccc1C. The lowest BCUT2D eigenvalue weighted by Gasteiger charge is -2.35. The van der Waals surface area contributed by atoms with Gasteiger partial charge in [0, 0.05) is 11.4 Å². The van der Waals surface area contributed by atoms with Gasteiger partial charge in [0.15, 0.2) is 0 Å². The van der Waals surface area contributed by atoms with Crippen LogP contribution < -0.4 is 5.32 Å². The van der Waals surface area contributed by atoms with Crippen molar-refractivity contribution in [3.05, 3.63) is 167 Å². The van der Waals surface area contributed by atoms with E-state index >= 15 is 0 Å². The molecule has 0 atom stereocenters. The molecule has 1 aliphatic rings. The molecule has 0 bridgehead atoms. The predicted octanol–water partition coefficient (Wildman–Crippen LogP) is 15.0. The van der Waals surface area contributed by atoms with Crippen LogP contribution in [0.1, 0.15) is 86.8 Å². The maximum atomic E-state index is 12.8. The van der Waals surface area contributed by atoms with Crippen molar-refractivity contribution in [3.8, 4) is 22.3 Å². The summed E-state index contributed by atoms with van der Waals surface area (Å²) < 4.78 is 76.0. The molecule has 0 amide bonds. The topological polar surface area (TPSA) is 24.4 Å². The summed E-state index contributed by atoms with van der Waals surface area (Å²) in [7, 11) is 0. The van der Waals surface area contributed by atoms with Gasteiger partial charge in [0.05, 0.1) is 16.7 Å². The fourth-order valence-corrected chi connectivity index (χ4v) is 7.22. The van der Waals surface area contributed by atoms with E-state index in [9.17, 15) is 26.3 Å². The standard InChI is InChI=1S/C22H24F3N.C16H13F3.C11H15N/c1-3-4-9-14-21(16(2)26-15-22(23,24)25)19-12-7-5-10-17(19)18-11-6-8-13-20(18)21;1-11(2)14-5-3-4-6-15(14)12-7-9-13(10-8-12)16(17,18)19;1-8(2)12-11-9(3)6-5-7-10(11)4/h5-8,10-13,26H,2-4,9,14-15H2,1H3;3-10H,1H2,2H3;5-7H,1-4H3. The average Bonchev–Trinajstić information content (AvgIpc) is 3.46. The number of hydrogen-bond acceptors (Lipinski definition) is 2. The number of para-hydroxylation sites is 1. The van der Waals surface area contributed by atoms with Crippen LogP contribution in [0.15, 0.2) is 139 Å². The minimum atomic E-state index is -4.30. The first-order valence-electron chi connectivity index (χ1n) is 19.1. The number of allylic oxidation sites excluding steroid dienone is 2. The number of nitrogens with zero attached hydrogens (tertiary/aromatic N) is 1. The Morgan fingerprint density at radius 1 is 0.649 bits per heavy atom. The summed E-state index contributed by atoms with van der Waals surface area (Å²) in [5.74, 6) is 0. The van der Waals surface area contributed by atoms with Gasteiger partial charge in [-0.2, -0.15) is 26.3 Å². The van der Waals surface area contributed by atoms with Crippen LogP contribution >= 0.6 is 0 Å². The number of halogens is 6. The van der Waals surface area contributed by atoms with Gasteiger partial charge in [0.2, 0.25) is 0 Å². The molecule has 300 valence electrons. The van der Waals surface area contributed by atoms with Crippen LogP contribution in [0.5, 0.6) is 0 Å². The number of rotatable bonds is 10. The molecule has 0 fully saturated rings. The zero-order valence-corrected chi connectivity index (χ0v) is 33.6. The summed E-state index contributed by atoms with van der Waals surface area (Å²) in [5, 5.41) is 2.59. The van der Waals surface area contributed by atoms with E-state index < -0.39 is 29.9 Å². The number of benzene rings is 5. The molecular weight excluding hydrogens is 731 g/mol. The number of fused-ring (bicyclic) bond motifs is 3. The van der Waals surface area contributed by atoms with Crippen molar-refractivity contribution in [2.75, 3.05) is 6.54 Å². The van der Waals surface area contributed by atoms with Crippen molar-refractivity contribution >= 4 is 17.0 Å². The third kappa shape index (κ3) is 11.1. The number of alkyl halides is 6. The summed E-state index contributed by atoms with van der Waals surface area (Å²) in [4.78, 5) is 4.48. The lowest BCUT2D eigenvalue weighted by molar-refractivity contribution is -0.137. The Morgan fingerprint density at radius 2 is 1.16 bits per heavy atom. The first kappa shape index (κ1) is 44.3. The number of hydrogen-bond donors (Lipinski definition) is 1. The van der Waals surface area contributed by atoms with Gasteiger partial charge in [-0.25, -0.2) is 0 Å². The highest BCUT2D eigenvalue weighted by molar-refractivity contribution is 5.84. The van der Waals surface area contributed by atoms with Crippen molar-refractivity contribution in [2.24, 2.45) is 4.99 Å². The van der Waals surface area contributed by atoms with E-state index in [1.807, 2.05) is 93.6 Å². The quantitative estimate of drug-likeness (QED) is 0.0852. The third-order valence-corrected chi connectivity index (χ3v) is 9.92. The van der Waals surface area contributed by atoms with Crippen LogP contribution in [0.3, 0.4) is 0 Å². The Labute approximate surface area is 334 Å². The van der Waals surface area contributed by atoms with E-state index in [0.717, 1.165) is 93.7 Å². The Hall–Kier alpha value is -5.37. The van der Waals surface area contributed by atoms with E-state index in [-0.39, 0.29) is 0 Å². The van der Waals surface area contributed by atoms with E-state index in [2.05, 4.69) is 62.4 Å². The molecule has 8 heteroatoms. The van der Waals surface area contributed by atoms with Gasteiger partial charge < -0.3 is 5.32 Å². The maximum Gasteiger partial charge on any atom is 0.416 e. The molecule has 0 saturated heterocycles. The lowest BCUT2D eigenvalue weighted by atomic mass is 9.72. The Balaban J connectivity index is 0.000000204. The number of aliphatic imine (C=N–C) groups is 1. The Kier molecular flexibility index (Phi) is 14.9. The summed E-state index contributed by atoms with van der Waals surface area (Å²) in [6.07, 6.45) is -4.79. The molecule has 6 rings (SSSR count). The van der Waals surface area contributed by atoms with Crippen LogP contribution in [0.25, 0.3) is 27.8 Å². The fraction of sp³-hybridized carbons (Fsp3) is 0.286. The molecule has 0 saturated carbocycles. The van der Waals surface area contributed by atoms with E-state index in [1.165, 1.54) is 23.3 Å². The molecule has 5 aromatic rings. The van der Waals surface area contributed by atoms with Gasteiger partial charge in [0.1, 0.15) is 6.54 Å². The Morgan fingerprint density at radius 3 is 1.63 bits per heavy atom. The third-order valence-electron chi connectivity index (χ3n) is 9.92. The molecule has 0 heterocycles. The molecule has 0 aromatic heterocycles. The summed E-state index contributed by atoms with van der Waals surface area (Å²) >= 11 is 0. The van der Waals surface area contributed by atoms with Crippen LogP contribution in [0, 0.1) is 13.8 Å². The summed E-state index contributed by atoms with van der Waals surface area (Å²) in [5.41, 5.74) is 11.7. The van der Waals surface area contributed by atoms with Gasteiger partial charge in [-0.15, -0.1) is 0 Å². The van der Waals surface area contributed by atoms with Gasteiger partial charge in [-0.3, -0.25) is 4.99 Å². The number of aryl methyl sites for hydroxylation is 2. The minimum absolute atomic E-state index is 0.434. The number of unbranched alkanes of at least 4 members (excludes halogenated alkanes) is 2. The largest absolute Gasteiger partial charge is 0.416 e. The molecular formula is C49H52F6N2. The van der Waals surface area contributed by atoms with Crippen LogP contribution in [0.4, 0.5) is 32.0 Å². The molecule has 1 N–H and O–H groups in total. The van der Waals surface area contributed by atoms with Crippen molar-refractivity contribution in [3.63, 3.8) is 0 Å². The van der Waals surface area contributed by atoms with Gasteiger partial charge >= 0.3 is 12.4 Å². The lowest BCUT2D eigenvalue weighted by Crippen LogP contribution is -2.39. The van der Waals surface area contributed by atoms with E-state index in [4.69, 9.17) is 0 Å². The fourth-order valence-electron chi connectivity index (χ4n) is 7.22. The maximum absolute atomic E-state index is 12.8. The minimum Gasteiger partial charge on any atom is -0.379 e. The average molecular weight is 783 g/mol. The molecule has 0 radical (unpaired) electrons. The smallest absolute Gasteiger partial charge is 0.379 e. The van der Waals surface area contributed by atoms with Crippen molar-refractivity contribution in [1.82, 2.24) is 5.32 Å². The van der Waals surface area contributed by atoms with Crippen molar-refractivity contribution in [2.45, 2.75) is 85.0 Å². The van der Waals surface area contributed by atoms with Crippen LogP contribution in [0.2, 0.25) is 0 Å². The second-order valence-electron chi connectivity index (χ2n) is 14.6. The van der Waals surface area contributed by atoms with Gasteiger partial charge in [-0.05, 0) is 103 Å². The Bertz CT molecular complexity index is 2100. The molecule has 0 aliphatic heterocycles. The molecule has 0 unspecified atom stereocenters. The van der Waals surface area contributed by atoms with Gasteiger partial charge in [0.25, 0.3) is 0 Å². The highest BCUT2D eigenvalue weighted by Gasteiger charge is 2.45. The van der Waals surface area contributed by atoms with Gasteiger partial charge in [-0.1, -0.05) is 148 Å². The highest BCUT2D eigenvalue weighted by atomic mass is 19.4. The molecule has 2 nitrogen and oxygen atoms in total. The molecule has 1 aliphatic carbocycles. The van der Waals surface area contributed by atoms with Crippen LogP contribution in [-0.2, 0) is 11.6 Å². The summed E-state index contributed by atoms with van der Waals surface area (Å²) in [6.45, 7) is 19.1. The monoisotopic (exact) mass is 782 g/mol. The molecule has 0 spiro atoms. The van der Waals surface area contributed by atoms with Crippen molar-refractivity contribution < 1.29 is 26.3 Å². The van der Waals surface area contributed by atoms with E-state index in [0.29, 0.717) is 5.70 Å². The van der Waals surface area contributed by atoms with E-state index in [1.54, 1.807) is 0 Å². The second-order valence-corrected chi connectivity index (χ2v) is 14.6. The first-order valence-corrected chi connectivity index (χ1v) is 19.1. The predicted molar refractivity (Wildman–Crippen MR) is 226 cm³/mol. The highest BCUT2D eigenvalue weighted by Crippen LogP contribution is 2.54. The normalized spacial score (nSPS) is 12.5. The zero-order chi connectivity index (χ0) is 42.0.